The highest BCUT2D eigenvalue weighted by molar-refractivity contribution is 5.38. The molecule has 4 nitrogen and oxygen atoms in total. The lowest BCUT2D eigenvalue weighted by atomic mass is 10.1. The highest BCUT2D eigenvalue weighted by atomic mass is 15.4. The van der Waals surface area contributed by atoms with Crippen molar-refractivity contribution >= 4 is 0 Å². The second-order valence-corrected chi connectivity index (χ2v) is 5.50. The molecule has 0 aliphatic heterocycles. The van der Waals surface area contributed by atoms with Crippen molar-refractivity contribution in [3.8, 4) is 5.69 Å². The molecule has 1 heterocycles. The van der Waals surface area contributed by atoms with Crippen LogP contribution in [0.2, 0.25) is 0 Å². The second-order valence-electron chi connectivity index (χ2n) is 5.50. The van der Waals surface area contributed by atoms with Gasteiger partial charge in [-0.15, -0.1) is 5.10 Å². The molecule has 3 rings (SSSR count). The maximum Gasteiger partial charge on any atom is 0.0969 e. The normalized spacial score (nSPS) is 14.8. The third kappa shape index (κ3) is 3.01. The van der Waals surface area contributed by atoms with E-state index >= 15 is 0 Å². The van der Waals surface area contributed by atoms with Gasteiger partial charge < -0.3 is 5.32 Å². The van der Waals surface area contributed by atoms with Crippen LogP contribution in [0, 0.1) is 19.8 Å². The van der Waals surface area contributed by atoms with E-state index in [1.165, 1.54) is 24.0 Å². The van der Waals surface area contributed by atoms with Crippen molar-refractivity contribution in [3.05, 3.63) is 41.2 Å². The Morgan fingerprint density at radius 3 is 2.84 bits per heavy atom. The second kappa shape index (κ2) is 5.13. The summed E-state index contributed by atoms with van der Waals surface area (Å²) in [5, 5.41) is 11.8. The highest BCUT2D eigenvalue weighted by Gasteiger charge is 2.20. The van der Waals surface area contributed by atoms with Crippen LogP contribution in [0.1, 0.15) is 29.7 Å². The summed E-state index contributed by atoms with van der Waals surface area (Å²) in [6.07, 6.45) is 4.76. The summed E-state index contributed by atoms with van der Waals surface area (Å²) in [6, 6.07) is 6.35. The predicted molar refractivity (Wildman–Crippen MR) is 75.3 cm³/mol. The largest absolute Gasteiger partial charge is 0.311 e. The monoisotopic (exact) mass is 256 g/mol. The Hall–Kier alpha value is -1.68. The van der Waals surface area contributed by atoms with E-state index in [9.17, 15) is 0 Å². The smallest absolute Gasteiger partial charge is 0.0969 e. The lowest BCUT2D eigenvalue weighted by Crippen LogP contribution is -2.16. The molecule has 0 unspecified atom stereocenters. The zero-order chi connectivity index (χ0) is 13.2. The molecule has 1 aliphatic rings. The van der Waals surface area contributed by atoms with Gasteiger partial charge in [-0.1, -0.05) is 11.3 Å². The summed E-state index contributed by atoms with van der Waals surface area (Å²) >= 11 is 0. The van der Waals surface area contributed by atoms with Crippen molar-refractivity contribution in [1.29, 1.82) is 0 Å². The summed E-state index contributed by atoms with van der Waals surface area (Å²) in [5.74, 6) is 0.898. The summed E-state index contributed by atoms with van der Waals surface area (Å²) in [5.41, 5.74) is 4.65. The fourth-order valence-electron chi connectivity index (χ4n) is 2.10. The molecule has 1 aromatic heterocycles. The minimum atomic E-state index is 0.807. The lowest BCUT2D eigenvalue weighted by Gasteiger charge is -2.04. The standard InChI is InChI=1S/C15H20N4/c1-11-3-6-15(7-12(11)2)19-10-14(17-18-19)9-16-8-13-4-5-13/h3,6-7,10,13,16H,4-5,8-9H2,1-2H3. The van der Waals surface area contributed by atoms with Crippen molar-refractivity contribution in [2.24, 2.45) is 5.92 Å². The van der Waals surface area contributed by atoms with E-state index in [2.05, 4.69) is 47.7 Å². The molecule has 0 saturated heterocycles. The molecule has 100 valence electrons. The number of hydrogen-bond acceptors (Lipinski definition) is 3. The Balaban J connectivity index is 1.67. The Morgan fingerprint density at radius 1 is 1.26 bits per heavy atom. The molecule has 0 spiro atoms. The molecule has 1 saturated carbocycles. The zero-order valence-electron chi connectivity index (χ0n) is 11.6. The summed E-state index contributed by atoms with van der Waals surface area (Å²) < 4.78 is 1.85. The van der Waals surface area contributed by atoms with E-state index in [-0.39, 0.29) is 0 Å². The molecule has 2 aromatic rings. The van der Waals surface area contributed by atoms with Gasteiger partial charge in [-0.2, -0.15) is 0 Å². The van der Waals surface area contributed by atoms with Gasteiger partial charge in [-0.3, -0.25) is 0 Å². The van der Waals surface area contributed by atoms with E-state index in [0.29, 0.717) is 0 Å². The van der Waals surface area contributed by atoms with E-state index in [1.807, 2.05) is 10.9 Å². The van der Waals surface area contributed by atoms with Gasteiger partial charge >= 0.3 is 0 Å². The molecule has 19 heavy (non-hydrogen) atoms. The van der Waals surface area contributed by atoms with Gasteiger partial charge in [0.25, 0.3) is 0 Å². The summed E-state index contributed by atoms with van der Waals surface area (Å²) in [7, 11) is 0. The average Bonchev–Trinajstić information content (AvgIpc) is 3.10. The van der Waals surface area contributed by atoms with Crippen molar-refractivity contribution in [2.45, 2.75) is 33.2 Å². The first-order valence-corrected chi connectivity index (χ1v) is 6.92. The topological polar surface area (TPSA) is 42.7 Å². The van der Waals surface area contributed by atoms with E-state index < -0.39 is 0 Å². The number of aromatic nitrogens is 3. The van der Waals surface area contributed by atoms with Gasteiger partial charge in [0.05, 0.1) is 17.6 Å². The maximum absolute atomic E-state index is 4.21. The average molecular weight is 256 g/mol. The number of nitrogens with one attached hydrogen (secondary N) is 1. The van der Waals surface area contributed by atoms with Crippen molar-refractivity contribution in [3.63, 3.8) is 0 Å². The van der Waals surface area contributed by atoms with Gasteiger partial charge in [0.15, 0.2) is 0 Å². The van der Waals surface area contributed by atoms with E-state index in [4.69, 9.17) is 0 Å². The molecule has 0 bridgehead atoms. The molecule has 1 fully saturated rings. The van der Waals surface area contributed by atoms with Gasteiger partial charge in [0.2, 0.25) is 0 Å². The van der Waals surface area contributed by atoms with Gasteiger partial charge in [0, 0.05) is 6.54 Å². The van der Waals surface area contributed by atoms with Crippen LogP contribution in [0.4, 0.5) is 0 Å². The van der Waals surface area contributed by atoms with Crippen molar-refractivity contribution < 1.29 is 0 Å². The van der Waals surface area contributed by atoms with Gasteiger partial charge in [-0.25, -0.2) is 4.68 Å². The van der Waals surface area contributed by atoms with Crippen molar-refractivity contribution in [2.75, 3.05) is 6.54 Å². The van der Waals surface area contributed by atoms with Gasteiger partial charge in [0.1, 0.15) is 0 Å². The first-order valence-electron chi connectivity index (χ1n) is 6.92. The SMILES string of the molecule is Cc1ccc(-n2cc(CNCC3CC3)nn2)cc1C. The quantitative estimate of drug-likeness (QED) is 0.893. The van der Waals surface area contributed by atoms with Gasteiger partial charge in [-0.05, 0) is 62.4 Å². The lowest BCUT2D eigenvalue weighted by molar-refractivity contribution is 0.628. The van der Waals surface area contributed by atoms with Crippen LogP contribution in [-0.2, 0) is 6.54 Å². The minimum Gasteiger partial charge on any atom is -0.311 e. The van der Waals surface area contributed by atoms with Crippen LogP contribution >= 0.6 is 0 Å². The summed E-state index contributed by atoms with van der Waals surface area (Å²) in [6.45, 7) is 6.15. The van der Waals surface area contributed by atoms with E-state index in [1.54, 1.807) is 0 Å². The first-order chi connectivity index (χ1) is 9.22. The summed E-state index contributed by atoms with van der Waals surface area (Å²) in [4.78, 5) is 0. The van der Waals surface area contributed by atoms with Crippen LogP contribution in [0.25, 0.3) is 5.69 Å². The molecular formula is C15H20N4. The molecule has 1 aromatic carbocycles. The number of nitrogens with zero attached hydrogens (tertiary/aromatic N) is 3. The third-order valence-corrected chi connectivity index (χ3v) is 3.73. The Labute approximate surface area is 113 Å². The number of benzene rings is 1. The number of aryl methyl sites for hydroxylation is 2. The molecule has 0 amide bonds. The Morgan fingerprint density at radius 2 is 2.11 bits per heavy atom. The maximum atomic E-state index is 4.21. The van der Waals surface area contributed by atoms with E-state index in [0.717, 1.165) is 30.4 Å². The van der Waals surface area contributed by atoms with Crippen molar-refractivity contribution in [1.82, 2.24) is 20.3 Å². The van der Waals surface area contributed by atoms with Crippen LogP contribution in [0.5, 0.6) is 0 Å². The Bertz CT molecular complexity index is 569. The molecule has 1 N–H and O–H groups in total. The number of hydrogen-bond donors (Lipinski definition) is 1. The highest BCUT2D eigenvalue weighted by Crippen LogP contribution is 2.27. The molecular weight excluding hydrogens is 236 g/mol. The first kappa shape index (κ1) is 12.4. The fourth-order valence-corrected chi connectivity index (χ4v) is 2.10. The number of rotatable bonds is 5. The fraction of sp³-hybridized carbons (Fsp3) is 0.467. The predicted octanol–water partition coefficient (Wildman–Crippen LogP) is 2.38. The molecule has 4 heteroatoms. The van der Waals surface area contributed by atoms with Crippen LogP contribution in [0.15, 0.2) is 24.4 Å². The molecule has 0 radical (unpaired) electrons. The van der Waals surface area contributed by atoms with Crippen LogP contribution in [-0.4, -0.2) is 21.5 Å². The Kier molecular flexibility index (Phi) is 3.34. The van der Waals surface area contributed by atoms with Crippen LogP contribution in [0.3, 0.4) is 0 Å². The van der Waals surface area contributed by atoms with Crippen LogP contribution < -0.4 is 5.32 Å². The third-order valence-electron chi connectivity index (χ3n) is 3.73. The molecule has 1 aliphatic carbocycles. The minimum absolute atomic E-state index is 0.807. The molecule has 0 atom stereocenters. The zero-order valence-corrected chi connectivity index (χ0v) is 11.6.